The van der Waals surface area contributed by atoms with Gasteiger partial charge in [0.2, 0.25) is 17.9 Å². The number of fused-ring (bicyclic) bond motifs is 1. The first-order valence-electron chi connectivity index (χ1n) is 18.5. The minimum atomic E-state index is -0.987. The van der Waals surface area contributed by atoms with E-state index < -0.39 is 59.4 Å². The molecule has 0 spiro atoms. The number of unbranched alkanes of at least 4 members (excludes halogenated alkanes) is 4. The highest BCUT2D eigenvalue weighted by atomic mass is 16.8. The summed E-state index contributed by atoms with van der Waals surface area (Å²) in [6, 6.07) is 6.44. The third-order valence-electron chi connectivity index (χ3n) is 9.43. The number of ether oxygens (including phenoxy) is 5. The first-order chi connectivity index (χ1) is 24.9. The molecule has 1 aromatic carbocycles. The molecule has 4 unspecified atom stereocenters. The SMILES string of the molecule is CCCCCC1(CCCCC)OC2C=C(C(=O)NCCC(=O)NCCO)CC(OC(=O)c3ccc(C=CC(=O)OC4C(=O)OCC4(C)C)cc3)C2O1. The number of carbonyl (C=O) groups excluding carboxylic acids is 5. The van der Waals surface area contributed by atoms with E-state index in [9.17, 15) is 24.0 Å². The van der Waals surface area contributed by atoms with Gasteiger partial charge in [-0.2, -0.15) is 0 Å². The number of hydrogen-bond acceptors (Lipinski definition) is 11. The lowest BCUT2D eigenvalue weighted by atomic mass is 9.90. The normalized spacial score (nSPS) is 23.0. The summed E-state index contributed by atoms with van der Waals surface area (Å²) in [7, 11) is 0. The van der Waals surface area contributed by atoms with E-state index in [4.69, 9.17) is 28.8 Å². The number of aliphatic hydroxyl groups is 1. The average molecular weight is 727 g/mol. The van der Waals surface area contributed by atoms with Crippen LogP contribution in [0, 0.1) is 5.41 Å². The predicted octanol–water partition coefficient (Wildman–Crippen LogP) is 4.31. The molecular formula is C39H54N2O11. The van der Waals surface area contributed by atoms with Crippen molar-refractivity contribution >= 4 is 35.8 Å². The van der Waals surface area contributed by atoms with Crippen LogP contribution in [0.2, 0.25) is 0 Å². The Morgan fingerprint density at radius 2 is 1.63 bits per heavy atom. The van der Waals surface area contributed by atoms with Crippen molar-refractivity contribution in [1.82, 2.24) is 10.6 Å². The van der Waals surface area contributed by atoms with E-state index in [-0.39, 0.29) is 50.6 Å². The fourth-order valence-corrected chi connectivity index (χ4v) is 6.48. The van der Waals surface area contributed by atoms with Crippen molar-refractivity contribution < 1.29 is 52.8 Å². The number of benzene rings is 1. The van der Waals surface area contributed by atoms with Crippen molar-refractivity contribution in [2.45, 2.75) is 122 Å². The van der Waals surface area contributed by atoms with Crippen molar-refractivity contribution in [3.63, 3.8) is 0 Å². The fourth-order valence-electron chi connectivity index (χ4n) is 6.48. The Labute approximate surface area is 305 Å². The quantitative estimate of drug-likeness (QED) is 0.0802. The van der Waals surface area contributed by atoms with Crippen LogP contribution in [0.25, 0.3) is 6.08 Å². The summed E-state index contributed by atoms with van der Waals surface area (Å²) in [6.45, 7) is 8.05. The molecule has 52 heavy (non-hydrogen) atoms. The number of esters is 3. The zero-order valence-electron chi connectivity index (χ0n) is 30.8. The summed E-state index contributed by atoms with van der Waals surface area (Å²) in [5.41, 5.74) is 0.625. The minimum absolute atomic E-state index is 0.0424. The Morgan fingerprint density at radius 1 is 0.942 bits per heavy atom. The van der Waals surface area contributed by atoms with Gasteiger partial charge in [0.05, 0.1) is 12.2 Å². The summed E-state index contributed by atoms with van der Waals surface area (Å²) in [5.74, 6) is -3.42. The second-order valence-electron chi connectivity index (χ2n) is 14.3. The van der Waals surface area contributed by atoms with Crippen LogP contribution in [0.4, 0.5) is 0 Å². The number of hydrogen-bond donors (Lipinski definition) is 3. The molecule has 4 rings (SSSR count). The number of aliphatic hydroxyl groups excluding tert-OH is 1. The molecule has 2 heterocycles. The molecule has 2 saturated heterocycles. The topological polar surface area (TPSA) is 176 Å². The van der Waals surface area contributed by atoms with Gasteiger partial charge in [-0.05, 0) is 42.7 Å². The van der Waals surface area contributed by atoms with Gasteiger partial charge in [-0.3, -0.25) is 9.59 Å². The molecule has 2 fully saturated rings. The van der Waals surface area contributed by atoms with Gasteiger partial charge in [0.25, 0.3) is 0 Å². The third-order valence-corrected chi connectivity index (χ3v) is 9.43. The van der Waals surface area contributed by atoms with Gasteiger partial charge in [0, 0.05) is 55.8 Å². The highest BCUT2D eigenvalue weighted by Crippen LogP contribution is 2.43. The van der Waals surface area contributed by atoms with E-state index in [2.05, 4.69) is 24.5 Å². The molecule has 13 heteroatoms. The highest BCUT2D eigenvalue weighted by Gasteiger charge is 2.52. The standard InChI is InChI=1S/C39H54N2O11/c1-5-7-9-18-39(19-10-8-6-2)51-30-24-28(35(45)41-20-17-31(43)40-21-22-42)23-29(33(30)52-39)49-36(46)27-14-11-26(12-15-27)13-16-32(44)50-34-37(47)48-25-38(34,3)4/h11-16,24,29-30,33-34,42H,5-10,17-23,25H2,1-4H3,(H,40,43)(H,41,45). The van der Waals surface area contributed by atoms with Crippen molar-refractivity contribution in [2.75, 3.05) is 26.3 Å². The van der Waals surface area contributed by atoms with E-state index >= 15 is 0 Å². The monoisotopic (exact) mass is 726 g/mol. The van der Waals surface area contributed by atoms with Gasteiger partial charge < -0.3 is 39.4 Å². The lowest BCUT2D eigenvalue weighted by Crippen LogP contribution is -2.44. The number of amides is 2. The third kappa shape index (κ3) is 11.2. The Hall–Kier alpha value is -4.07. The zero-order chi connectivity index (χ0) is 37.7. The average Bonchev–Trinajstić information content (AvgIpc) is 3.62. The van der Waals surface area contributed by atoms with Gasteiger partial charge in [0.15, 0.2) is 5.79 Å². The van der Waals surface area contributed by atoms with Gasteiger partial charge in [-0.15, -0.1) is 0 Å². The molecule has 0 bridgehead atoms. The molecule has 0 saturated carbocycles. The molecule has 0 aromatic heterocycles. The van der Waals surface area contributed by atoms with Crippen LogP contribution in [-0.2, 0) is 42.9 Å². The Morgan fingerprint density at radius 3 is 2.25 bits per heavy atom. The van der Waals surface area contributed by atoms with Crippen molar-refractivity contribution in [3.8, 4) is 0 Å². The van der Waals surface area contributed by atoms with Crippen LogP contribution in [-0.4, -0.2) is 91.3 Å². The lowest BCUT2D eigenvalue weighted by Gasteiger charge is -2.31. The van der Waals surface area contributed by atoms with Crippen LogP contribution in [0.5, 0.6) is 0 Å². The van der Waals surface area contributed by atoms with Gasteiger partial charge in [-0.25, -0.2) is 14.4 Å². The Bertz CT molecular complexity index is 1460. The number of cyclic esters (lactones) is 1. The van der Waals surface area contributed by atoms with E-state index in [0.717, 1.165) is 38.5 Å². The molecule has 0 radical (unpaired) electrons. The van der Waals surface area contributed by atoms with Crippen LogP contribution in [0.15, 0.2) is 42.0 Å². The van der Waals surface area contributed by atoms with E-state index in [1.54, 1.807) is 44.2 Å². The fraction of sp³-hybridized carbons (Fsp3) is 0.615. The van der Waals surface area contributed by atoms with Crippen LogP contribution in [0.1, 0.15) is 108 Å². The summed E-state index contributed by atoms with van der Waals surface area (Å²) in [5, 5.41) is 14.3. The van der Waals surface area contributed by atoms with Crippen LogP contribution >= 0.6 is 0 Å². The number of carbonyl (C=O) groups is 5. The van der Waals surface area contributed by atoms with Crippen molar-refractivity contribution in [2.24, 2.45) is 5.41 Å². The maximum absolute atomic E-state index is 13.5. The molecule has 3 N–H and O–H groups in total. The molecule has 2 aliphatic heterocycles. The van der Waals surface area contributed by atoms with E-state index in [1.165, 1.54) is 12.2 Å². The largest absolute Gasteiger partial charge is 0.462 e. The lowest BCUT2D eigenvalue weighted by molar-refractivity contribution is -0.190. The zero-order valence-corrected chi connectivity index (χ0v) is 30.8. The second-order valence-corrected chi connectivity index (χ2v) is 14.3. The molecule has 1 aromatic rings. The number of nitrogens with one attached hydrogen (secondary N) is 2. The Balaban J connectivity index is 1.45. The maximum atomic E-state index is 13.5. The maximum Gasteiger partial charge on any atom is 0.348 e. The minimum Gasteiger partial charge on any atom is -0.462 e. The molecule has 13 nitrogen and oxygen atoms in total. The molecule has 4 atom stereocenters. The van der Waals surface area contributed by atoms with Crippen molar-refractivity contribution in [1.29, 1.82) is 0 Å². The van der Waals surface area contributed by atoms with Gasteiger partial charge in [-0.1, -0.05) is 65.5 Å². The van der Waals surface area contributed by atoms with Crippen LogP contribution < -0.4 is 10.6 Å². The van der Waals surface area contributed by atoms with Gasteiger partial charge in [0.1, 0.15) is 24.9 Å². The first-order valence-corrected chi connectivity index (χ1v) is 18.5. The molecule has 286 valence electrons. The molecule has 3 aliphatic rings. The summed E-state index contributed by atoms with van der Waals surface area (Å²) < 4.78 is 29.7. The Kier molecular flexibility index (Phi) is 15.0. The number of rotatable bonds is 19. The molecular weight excluding hydrogens is 672 g/mol. The van der Waals surface area contributed by atoms with Crippen LogP contribution in [0.3, 0.4) is 0 Å². The smallest absolute Gasteiger partial charge is 0.348 e. The summed E-state index contributed by atoms with van der Waals surface area (Å²) in [6.07, 6.45) is 8.85. The summed E-state index contributed by atoms with van der Waals surface area (Å²) >= 11 is 0. The van der Waals surface area contributed by atoms with E-state index in [1.807, 2.05) is 0 Å². The highest BCUT2D eigenvalue weighted by molar-refractivity contribution is 5.95. The summed E-state index contributed by atoms with van der Waals surface area (Å²) in [4.78, 5) is 63.2. The van der Waals surface area contributed by atoms with E-state index in [0.29, 0.717) is 24.0 Å². The molecule has 1 aliphatic carbocycles. The molecule has 2 amide bonds. The van der Waals surface area contributed by atoms with Crippen molar-refractivity contribution in [3.05, 3.63) is 53.1 Å². The van der Waals surface area contributed by atoms with Gasteiger partial charge >= 0.3 is 17.9 Å². The first kappa shape index (κ1) is 40.7. The predicted molar refractivity (Wildman–Crippen MR) is 190 cm³/mol. The second kappa shape index (κ2) is 19.1.